The third-order valence-corrected chi connectivity index (χ3v) is 5.41. The molecule has 166 valence electrons. The Morgan fingerprint density at radius 1 is 1.00 bits per heavy atom. The predicted molar refractivity (Wildman–Crippen MR) is 135 cm³/mol. The molecular weight excluding hydrogens is 434 g/mol. The minimum atomic E-state index is -0.324. The van der Waals surface area contributed by atoms with Crippen molar-refractivity contribution in [3.63, 3.8) is 0 Å². The third kappa shape index (κ3) is 5.48. The molecule has 0 atom stereocenters. The summed E-state index contributed by atoms with van der Waals surface area (Å²) in [6.07, 6.45) is 3.13. The minimum Gasteiger partial charge on any atom is -0.378 e. The lowest BCUT2D eigenvalue weighted by Crippen LogP contribution is -2.14. The molecule has 0 saturated heterocycles. The van der Waals surface area contributed by atoms with Crippen LogP contribution in [0.3, 0.4) is 0 Å². The first-order valence-corrected chi connectivity index (χ1v) is 10.9. The first kappa shape index (κ1) is 22.3. The number of aromatic nitrogens is 3. The van der Waals surface area contributed by atoms with E-state index in [9.17, 15) is 4.79 Å². The number of allylic oxidation sites excluding steroid dienone is 1. The van der Waals surface area contributed by atoms with Gasteiger partial charge >= 0.3 is 0 Å². The SMILES string of the molecule is CN(C)c1ccc(CNc2nc(-c3ccccc3)nn2C(=O)C=Cc2ccccc2Cl)cc1. The summed E-state index contributed by atoms with van der Waals surface area (Å²) in [6.45, 7) is 0.502. The van der Waals surface area contributed by atoms with Crippen molar-refractivity contribution in [1.82, 2.24) is 14.8 Å². The second-order valence-electron chi connectivity index (χ2n) is 7.64. The topological polar surface area (TPSA) is 63.0 Å². The van der Waals surface area contributed by atoms with Gasteiger partial charge in [0.2, 0.25) is 5.95 Å². The van der Waals surface area contributed by atoms with Gasteiger partial charge in [-0.1, -0.05) is 72.3 Å². The Kier molecular flexibility index (Phi) is 6.86. The number of benzene rings is 3. The number of hydrogen-bond acceptors (Lipinski definition) is 5. The van der Waals surface area contributed by atoms with Crippen molar-refractivity contribution in [2.75, 3.05) is 24.3 Å². The van der Waals surface area contributed by atoms with Crippen LogP contribution >= 0.6 is 11.6 Å². The summed E-state index contributed by atoms with van der Waals surface area (Å²) >= 11 is 6.20. The highest BCUT2D eigenvalue weighted by Gasteiger charge is 2.16. The molecule has 0 saturated carbocycles. The number of anilines is 2. The van der Waals surface area contributed by atoms with Crippen molar-refractivity contribution in [3.05, 3.63) is 101 Å². The van der Waals surface area contributed by atoms with Crippen LogP contribution in [0.2, 0.25) is 5.02 Å². The molecule has 1 N–H and O–H groups in total. The van der Waals surface area contributed by atoms with Crippen LogP contribution < -0.4 is 10.2 Å². The number of halogens is 1. The fourth-order valence-electron chi connectivity index (χ4n) is 3.22. The molecule has 0 radical (unpaired) electrons. The maximum atomic E-state index is 13.0. The van der Waals surface area contributed by atoms with Crippen molar-refractivity contribution >= 4 is 35.2 Å². The second kappa shape index (κ2) is 10.1. The van der Waals surface area contributed by atoms with Gasteiger partial charge in [-0.05, 0) is 35.4 Å². The lowest BCUT2D eigenvalue weighted by Gasteiger charge is -2.13. The molecule has 33 heavy (non-hydrogen) atoms. The Bertz CT molecular complexity index is 1260. The number of nitrogens with one attached hydrogen (secondary N) is 1. The maximum Gasteiger partial charge on any atom is 0.274 e. The molecule has 4 rings (SSSR count). The molecule has 0 bridgehead atoms. The summed E-state index contributed by atoms with van der Waals surface area (Å²) in [6, 6.07) is 25.1. The molecule has 4 aromatic rings. The van der Waals surface area contributed by atoms with Crippen molar-refractivity contribution in [2.24, 2.45) is 0 Å². The lowest BCUT2D eigenvalue weighted by molar-refractivity contribution is 0.0957. The molecule has 0 aliphatic rings. The highest BCUT2D eigenvalue weighted by Crippen LogP contribution is 2.20. The van der Waals surface area contributed by atoms with Crippen LogP contribution in [0, 0.1) is 0 Å². The molecule has 0 aliphatic carbocycles. The molecule has 0 aliphatic heterocycles. The molecular formula is C26H24ClN5O. The van der Waals surface area contributed by atoms with E-state index in [0.717, 1.165) is 22.4 Å². The maximum absolute atomic E-state index is 13.0. The Hall–Kier alpha value is -3.90. The van der Waals surface area contributed by atoms with Gasteiger partial charge in [0.1, 0.15) is 0 Å². The molecule has 7 heteroatoms. The van der Waals surface area contributed by atoms with Crippen LogP contribution in [0.15, 0.2) is 84.9 Å². The zero-order valence-corrected chi connectivity index (χ0v) is 19.2. The average Bonchev–Trinajstić information content (AvgIpc) is 3.27. The second-order valence-corrected chi connectivity index (χ2v) is 8.05. The fourth-order valence-corrected chi connectivity index (χ4v) is 3.42. The van der Waals surface area contributed by atoms with Gasteiger partial charge in [0.05, 0.1) is 0 Å². The van der Waals surface area contributed by atoms with Crippen molar-refractivity contribution < 1.29 is 4.79 Å². The number of carbonyl (C=O) groups excluding carboxylic acids is 1. The Balaban J connectivity index is 1.60. The highest BCUT2D eigenvalue weighted by atomic mass is 35.5. The van der Waals surface area contributed by atoms with Crippen molar-refractivity contribution in [2.45, 2.75) is 6.54 Å². The van der Waals surface area contributed by atoms with Gasteiger partial charge in [-0.3, -0.25) is 4.79 Å². The smallest absolute Gasteiger partial charge is 0.274 e. The number of hydrogen-bond donors (Lipinski definition) is 1. The zero-order chi connectivity index (χ0) is 23.2. The van der Waals surface area contributed by atoms with E-state index in [0.29, 0.717) is 23.3 Å². The molecule has 0 fully saturated rings. The quantitative estimate of drug-likeness (QED) is 0.364. The molecule has 1 heterocycles. The zero-order valence-electron chi connectivity index (χ0n) is 18.4. The van der Waals surface area contributed by atoms with E-state index in [-0.39, 0.29) is 5.91 Å². The van der Waals surface area contributed by atoms with Gasteiger partial charge in [-0.25, -0.2) is 0 Å². The molecule has 0 amide bonds. The summed E-state index contributed by atoms with van der Waals surface area (Å²) in [5, 5.41) is 8.29. The van der Waals surface area contributed by atoms with Gasteiger partial charge in [-0.15, -0.1) is 5.10 Å². The van der Waals surface area contributed by atoms with E-state index >= 15 is 0 Å². The average molecular weight is 458 g/mol. The van der Waals surface area contributed by atoms with Gasteiger partial charge in [0.25, 0.3) is 5.91 Å². The minimum absolute atomic E-state index is 0.324. The monoisotopic (exact) mass is 457 g/mol. The number of carbonyl (C=O) groups is 1. The van der Waals surface area contributed by atoms with Gasteiger partial charge in [0.15, 0.2) is 5.82 Å². The van der Waals surface area contributed by atoms with Crippen LogP contribution in [0.1, 0.15) is 15.9 Å². The van der Waals surface area contributed by atoms with E-state index < -0.39 is 0 Å². The van der Waals surface area contributed by atoms with Gasteiger partial charge < -0.3 is 10.2 Å². The summed E-state index contributed by atoms with van der Waals surface area (Å²) < 4.78 is 1.28. The molecule has 0 unspecified atom stereocenters. The summed E-state index contributed by atoms with van der Waals surface area (Å²) in [5.74, 6) is 0.523. The number of nitrogens with zero attached hydrogens (tertiary/aromatic N) is 4. The summed E-state index contributed by atoms with van der Waals surface area (Å²) in [7, 11) is 4.01. The molecule has 6 nitrogen and oxygen atoms in total. The Morgan fingerprint density at radius 2 is 1.70 bits per heavy atom. The first-order valence-electron chi connectivity index (χ1n) is 10.5. The molecule has 3 aromatic carbocycles. The van der Waals surface area contributed by atoms with Crippen LogP contribution in [0.25, 0.3) is 17.5 Å². The Labute approximate surface area is 198 Å². The van der Waals surface area contributed by atoms with E-state index in [1.807, 2.05) is 79.7 Å². The lowest BCUT2D eigenvalue weighted by atomic mass is 10.2. The predicted octanol–water partition coefficient (Wildman–Crippen LogP) is 5.63. The van der Waals surface area contributed by atoms with Crippen LogP contribution in [-0.2, 0) is 6.54 Å². The largest absolute Gasteiger partial charge is 0.378 e. The van der Waals surface area contributed by atoms with E-state index in [2.05, 4.69) is 27.5 Å². The van der Waals surface area contributed by atoms with Crippen LogP contribution in [0.4, 0.5) is 11.6 Å². The van der Waals surface area contributed by atoms with E-state index in [1.54, 1.807) is 12.1 Å². The fraction of sp³-hybridized carbons (Fsp3) is 0.115. The van der Waals surface area contributed by atoms with Gasteiger partial charge in [0, 0.05) is 43.0 Å². The van der Waals surface area contributed by atoms with E-state index in [4.69, 9.17) is 11.6 Å². The van der Waals surface area contributed by atoms with Crippen LogP contribution in [-0.4, -0.2) is 34.8 Å². The van der Waals surface area contributed by atoms with E-state index in [1.165, 1.54) is 10.8 Å². The van der Waals surface area contributed by atoms with Gasteiger partial charge in [-0.2, -0.15) is 9.67 Å². The standard InChI is InChI=1S/C26H24ClN5O/c1-31(2)22-15-12-19(13-16-22)18-28-26-29-25(21-9-4-3-5-10-21)30-32(26)24(33)17-14-20-8-6-7-11-23(20)27/h3-17H,18H2,1-2H3,(H,28,29,30). The first-order chi connectivity index (χ1) is 16.0. The third-order valence-electron chi connectivity index (χ3n) is 5.06. The Morgan fingerprint density at radius 3 is 2.39 bits per heavy atom. The molecule has 1 aromatic heterocycles. The normalized spacial score (nSPS) is 11.0. The summed E-state index contributed by atoms with van der Waals surface area (Å²) in [4.78, 5) is 19.6. The summed E-state index contributed by atoms with van der Waals surface area (Å²) in [5.41, 5.74) is 3.77. The van der Waals surface area contributed by atoms with Crippen LogP contribution in [0.5, 0.6) is 0 Å². The highest BCUT2D eigenvalue weighted by molar-refractivity contribution is 6.32. The van der Waals surface area contributed by atoms with Crippen molar-refractivity contribution in [3.8, 4) is 11.4 Å². The molecule has 0 spiro atoms. The van der Waals surface area contributed by atoms with Crippen molar-refractivity contribution in [1.29, 1.82) is 0 Å². The number of rotatable bonds is 7.